The molecule has 0 fully saturated rings. The van der Waals surface area contributed by atoms with E-state index in [1.165, 1.54) is 24.0 Å². The number of benzene rings is 2. The van der Waals surface area contributed by atoms with E-state index < -0.39 is 0 Å². The highest BCUT2D eigenvalue weighted by Crippen LogP contribution is 2.03. The number of rotatable bonds is 2. The summed E-state index contributed by atoms with van der Waals surface area (Å²) < 4.78 is 0. The second-order valence-corrected chi connectivity index (χ2v) is 4.15. The summed E-state index contributed by atoms with van der Waals surface area (Å²) in [5, 5.41) is 0. The van der Waals surface area contributed by atoms with Crippen molar-refractivity contribution in [2.75, 3.05) is 5.73 Å². The zero-order valence-corrected chi connectivity index (χ0v) is 10.7. The van der Waals surface area contributed by atoms with Crippen LogP contribution in [0.4, 0.5) is 5.69 Å². The maximum absolute atomic E-state index is 5.46. The minimum Gasteiger partial charge on any atom is -0.399 e. The van der Waals surface area contributed by atoms with Crippen LogP contribution in [0.5, 0.6) is 0 Å². The molecule has 0 saturated carbocycles. The molecular weight excluding hydrogens is 206 g/mol. The van der Waals surface area contributed by atoms with E-state index in [0.29, 0.717) is 0 Å². The molecule has 0 saturated heterocycles. The molecule has 2 aromatic carbocycles. The predicted molar refractivity (Wildman–Crippen MR) is 76.0 cm³/mol. The van der Waals surface area contributed by atoms with Crippen molar-refractivity contribution in [1.82, 2.24) is 0 Å². The van der Waals surface area contributed by atoms with Gasteiger partial charge in [0.15, 0.2) is 0 Å². The van der Waals surface area contributed by atoms with Gasteiger partial charge in [-0.05, 0) is 36.6 Å². The van der Waals surface area contributed by atoms with Crippen LogP contribution in [0.3, 0.4) is 0 Å². The van der Waals surface area contributed by atoms with E-state index in [2.05, 4.69) is 37.3 Å². The van der Waals surface area contributed by atoms with E-state index in [1.807, 2.05) is 31.2 Å². The average molecular weight is 227 g/mol. The first kappa shape index (κ1) is 13.3. The lowest BCUT2D eigenvalue weighted by atomic mass is 10.1. The molecule has 0 atom stereocenters. The van der Waals surface area contributed by atoms with Gasteiger partial charge in [-0.3, -0.25) is 0 Å². The molecule has 0 radical (unpaired) electrons. The van der Waals surface area contributed by atoms with Gasteiger partial charge in [-0.2, -0.15) is 0 Å². The van der Waals surface area contributed by atoms with Crippen molar-refractivity contribution in [3.05, 3.63) is 65.7 Å². The molecule has 2 aromatic rings. The van der Waals surface area contributed by atoms with Crippen molar-refractivity contribution in [1.29, 1.82) is 0 Å². The van der Waals surface area contributed by atoms with Crippen molar-refractivity contribution in [3.63, 3.8) is 0 Å². The molecule has 0 aromatic heterocycles. The molecular formula is C16H21N. The molecule has 0 unspecified atom stereocenters. The van der Waals surface area contributed by atoms with E-state index in [1.54, 1.807) is 0 Å². The number of hydrogen-bond donors (Lipinski definition) is 1. The van der Waals surface area contributed by atoms with Crippen LogP contribution >= 0.6 is 0 Å². The third-order valence-electron chi connectivity index (χ3n) is 2.42. The standard InChI is InChI=1S/C9H12.C7H9N/c1-2-6-9-7-4-3-5-8-9;1-6-3-2-4-7(8)5-6/h3-5,7-8H,2,6H2,1H3;2-5H,8H2,1H3. The Kier molecular flexibility index (Phi) is 5.87. The number of aryl methyl sites for hydroxylation is 2. The summed E-state index contributed by atoms with van der Waals surface area (Å²) in [5.41, 5.74) is 8.95. The summed E-state index contributed by atoms with van der Waals surface area (Å²) in [6.45, 7) is 4.23. The lowest BCUT2D eigenvalue weighted by Crippen LogP contribution is -1.82. The Morgan fingerprint density at radius 3 is 2.12 bits per heavy atom. The Morgan fingerprint density at radius 1 is 0.941 bits per heavy atom. The van der Waals surface area contributed by atoms with Crippen molar-refractivity contribution in [3.8, 4) is 0 Å². The predicted octanol–water partition coefficient (Wildman–Crippen LogP) is 4.22. The molecule has 90 valence electrons. The second-order valence-electron chi connectivity index (χ2n) is 4.15. The number of nitrogens with two attached hydrogens (primary N) is 1. The summed E-state index contributed by atoms with van der Waals surface area (Å²) >= 11 is 0. The van der Waals surface area contributed by atoms with E-state index >= 15 is 0 Å². The fraction of sp³-hybridized carbons (Fsp3) is 0.250. The van der Waals surface area contributed by atoms with Crippen LogP contribution in [0, 0.1) is 6.92 Å². The highest BCUT2D eigenvalue weighted by atomic mass is 14.5. The van der Waals surface area contributed by atoms with Crippen molar-refractivity contribution >= 4 is 5.69 Å². The number of nitrogen functional groups attached to an aromatic ring is 1. The summed E-state index contributed by atoms with van der Waals surface area (Å²) in [7, 11) is 0. The second kappa shape index (κ2) is 7.50. The molecule has 1 nitrogen and oxygen atoms in total. The molecule has 0 heterocycles. The first-order valence-electron chi connectivity index (χ1n) is 6.08. The summed E-state index contributed by atoms with van der Waals surface area (Å²) in [5.74, 6) is 0. The molecule has 0 amide bonds. The lowest BCUT2D eigenvalue weighted by Gasteiger charge is -1.93. The fourth-order valence-electron chi connectivity index (χ4n) is 1.60. The van der Waals surface area contributed by atoms with E-state index in [9.17, 15) is 0 Å². The summed E-state index contributed by atoms with van der Waals surface area (Å²) in [6.07, 6.45) is 2.45. The Morgan fingerprint density at radius 2 is 1.65 bits per heavy atom. The quantitative estimate of drug-likeness (QED) is 0.764. The van der Waals surface area contributed by atoms with Crippen LogP contribution in [0.15, 0.2) is 54.6 Å². The Hall–Kier alpha value is -1.76. The minimum absolute atomic E-state index is 0.838. The molecule has 0 bridgehead atoms. The number of anilines is 1. The lowest BCUT2D eigenvalue weighted by molar-refractivity contribution is 0.922. The van der Waals surface area contributed by atoms with Gasteiger partial charge in [-0.1, -0.05) is 55.8 Å². The Labute approximate surface area is 104 Å². The third-order valence-corrected chi connectivity index (χ3v) is 2.42. The molecule has 2 N–H and O–H groups in total. The fourth-order valence-corrected chi connectivity index (χ4v) is 1.60. The van der Waals surface area contributed by atoms with Gasteiger partial charge in [-0.25, -0.2) is 0 Å². The zero-order valence-electron chi connectivity index (χ0n) is 10.7. The van der Waals surface area contributed by atoms with Crippen molar-refractivity contribution in [2.45, 2.75) is 26.7 Å². The van der Waals surface area contributed by atoms with Crippen molar-refractivity contribution < 1.29 is 0 Å². The van der Waals surface area contributed by atoms with Crippen LogP contribution in [0.25, 0.3) is 0 Å². The van der Waals surface area contributed by atoms with Gasteiger partial charge >= 0.3 is 0 Å². The van der Waals surface area contributed by atoms with Gasteiger partial charge in [0.2, 0.25) is 0 Å². The monoisotopic (exact) mass is 227 g/mol. The highest BCUT2D eigenvalue weighted by molar-refractivity contribution is 5.39. The normalized spacial score (nSPS) is 9.29. The SMILES string of the molecule is CCCc1ccccc1.Cc1cccc(N)c1. The first-order chi connectivity index (χ1) is 8.22. The van der Waals surface area contributed by atoms with Gasteiger partial charge in [0.05, 0.1) is 0 Å². The minimum atomic E-state index is 0.838. The Bertz CT molecular complexity index is 403. The summed E-state index contributed by atoms with van der Waals surface area (Å²) in [6, 6.07) is 18.4. The maximum atomic E-state index is 5.46. The van der Waals surface area contributed by atoms with Gasteiger partial charge < -0.3 is 5.73 Å². The molecule has 0 aliphatic heterocycles. The topological polar surface area (TPSA) is 26.0 Å². The van der Waals surface area contributed by atoms with Crippen LogP contribution in [0.2, 0.25) is 0 Å². The largest absolute Gasteiger partial charge is 0.399 e. The Balaban J connectivity index is 0.000000171. The maximum Gasteiger partial charge on any atom is 0.0316 e. The zero-order chi connectivity index (χ0) is 12.5. The van der Waals surface area contributed by atoms with E-state index in [-0.39, 0.29) is 0 Å². The first-order valence-corrected chi connectivity index (χ1v) is 6.08. The summed E-state index contributed by atoms with van der Waals surface area (Å²) in [4.78, 5) is 0. The highest BCUT2D eigenvalue weighted by Gasteiger charge is 1.84. The van der Waals surface area contributed by atoms with E-state index in [0.717, 1.165) is 5.69 Å². The molecule has 2 rings (SSSR count). The van der Waals surface area contributed by atoms with Crippen LogP contribution in [-0.4, -0.2) is 0 Å². The smallest absolute Gasteiger partial charge is 0.0316 e. The third kappa shape index (κ3) is 5.76. The van der Waals surface area contributed by atoms with Gasteiger partial charge in [0.1, 0.15) is 0 Å². The molecule has 0 aliphatic rings. The van der Waals surface area contributed by atoms with Crippen LogP contribution < -0.4 is 5.73 Å². The van der Waals surface area contributed by atoms with Crippen LogP contribution in [0.1, 0.15) is 24.5 Å². The van der Waals surface area contributed by atoms with E-state index in [4.69, 9.17) is 5.73 Å². The van der Waals surface area contributed by atoms with Crippen LogP contribution in [-0.2, 0) is 6.42 Å². The number of hydrogen-bond acceptors (Lipinski definition) is 1. The van der Waals surface area contributed by atoms with Gasteiger partial charge in [-0.15, -0.1) is 0 Å². The molecule has 1 heteroatoms. The van der Waals surface area contributed by atoms with Gasteiger partial charge in [0, 0.05) is 5.69 Å². The molecule has 0 aliphatic carbocycles. The van der Waals surface area contributed by atoms with Crippen molar-refractivity contribution in [2.24, 2.45) is 0 Å². The molecule has 17 heavy (non-hydrogen) atoms. The van der Waals surface area contributed by atoms with Gasteiger partial charge in [0.25, 0.3) is 0 Å². The average Bonchev–Trinajstić information content (AvgIpc) is 2.31. The molecule has 0 spiro atoms.